The lowest BCUT2D eigenvalue weighted by molar-refractivity contribution is 0.112. The fraction of sp³-hybridized carbons (Fsp3) is 0.500. The van der Waals surface area contributed by atoms with Crippen molar-refractivity contribution in [3.05, 3.63) is 28.2 Å². The van der Waals surface area contributed by atoms with Crippen LogP contribution in [0.5, 0.6) is 5.75 Å². The number of ether oxygens (including phenoxy) is 1. The number of aldehydes is 1. The molecule has 7 heteroatoms. The third-order valence-corrected chi connectivity index (χ3v) is 5.52. The summed E-state index contributed by atoms with van der Waals surface area (Å²) < 4.78 is 31.1. The molecule has 1 unspecified atom stereocenters. The Morgan fingerprint density at radius 2 is 2.24 bits per heavy atom. The molecule has 1 atom stereocenters. The minimum absolute atomic E-state index is 0.178. The number of sulfonamides is 1. The van der Waals surface area contributed by atoms with E-state index in [1.165, 1.54) is 10.6 Å². The maximum absolute atomic E-state index is 11.6. The minimum atomic E-state index is -3.13. The van der Waals surface area contributed by atoms with Crippen LogP contribution in [0.4, 0.5) is 0 Å². The number of carbonyl (C=O) groups is 1. The van der Waals surface area contributed by atoms with Gasteiger partial charge in [-0.2, -0.15) is 0 Å². The lowest BCUT2D eigenvalue weighted by atomic mass is 10.0. The highest BCUT2D eigenvalue weighted by Gasteiger charge is 2.26. The van der Waals surface area contributed by atoms with Crippen molar-refractivity contribution in [2.45, 2.75) is 12.8 Å². The first-order valence-electron chi connectivity index (χ1n) is 6.73. The molecule has 0 spiro atoms. The smallest absolute Gasteiger partial charge is 0.211 e. The monoisotopic (exact) mass is 375 g/mol. The molecule has 1 fully saturated rings. The van der Waals surface area contributed by atoms with Gasteiger partial charge in [0, 0.05) is 29.0 Å². The molecule has 5 nitrogen and oxygen atoms in total. The minimum Gasteiger partial charge on any atom is -0.493 e. The van der Waals surface area contributed by atoms with Crippen molar-refractivity contribution in [1.29, 1.82) is 0 Å². The van der Waals surface area contributed by atoms with Gasteiger partial charge in [0.05, 0.1) is 12.9 Å². The lowest BCUT2D eigenvalue weighted by Crippen LogP contribution is -2.40. The van der Waals surface area contributed by atoms with Gasteiger partial charge in [-0.05, 0) is 31.0 Å². The molecule has 0 amide bonds. The molecule has 0 bridgehead atoms. The second kappa shape index (κ2) is 6.89. The maximum Gasteiger partial charge on any atom is 0.211 e. The first kappa shape index (κ1) is 16.5. The van der Waals surface area contributed by atoms with E-state index in [4.69, 9.17) is 4.74 Å². The third-order valence-electron chi connectivity index (χ3n) is 3.53. The van der Waals surface area contributed by atoms with Gasteiger partial charge in [0.15, 0.2) is 6.29 Å². The van der Waals surface area contributed by atoms with Crippen LogP contribution in [0.1, 0.15) is 23.2 Å². The third kappa shape index (κ3) is 4.52. The number of benzene rings is 1. The summed E-state index contributed by atoms with van der Waals surface area (Å²) in [4.78, 5) is 10.9. The van der Waals surface area contributed by atoms with Crippen molar-refractivity contribution in [3.8, 4) is 5.75 Å². The second-order valence-electron chi connectivity index (χ2n) is 5.24. The number of carbonyl (C=O) groups excluding carboxylic acids is 1. The number of rotatable bonds is 5. The van der Waals surface area contributed by atoms with Crippen LogP contribution in [0.25, 0.3) is 0 Å². The van der Waals surface area contributed by atoms with Crippen LogP contribution < -0.4 is 4.74 Å². The Balaban J connectivity index is 1.95. The Bertz CT molecular complexity index is 617. The Kier molecular flexibility index (Phi) is 5.40. The highest BCUT2D eigenvalue weighted by Crippen LogP contribution is 2.23. The predicted molar refractivity (Wildman–Crippen MR) is 84.2 cm³/mol. The number of hydrogen-bond acceptors (Lipinski definition) is 4. The fourth-order valence-corrected chi connectivity index (χ4v) is 3.66. The summed E-state index contributed by atoms with van der Waals surface area (Å²) in [6, 6.07) is 5.23. The first-order valence-corrected chi connectivity index (χ1v) is 9.37. The van der Waals surface area contributed by atoms with E-state index in [0.717, 1.165) is 23.6 Å². The van der Waals surface area contributed by atoms with Gasteiger partial charge in [0.2, 0.25) is 10.0 Å². The molecule has 0 saturated carbocycles. The average Bonchev–Trinajstić information content (AvgIpc) is 2.46. The molecule has 0 aromatic heterocycles. The van der Waals surface area contributed by atoms with Gasteiger partial charge in [-0.15, -0.1) is 0 Å². The van der Waals surface area contributed by atoms with E-state index in [1.54, 1.807) is 18.2 Å². The Morgan fingerprint density at radius 3 is 2.90 bits per heavy atom. The topological polar surface area (TPSA) is 63.7 Å². The van der Waals surface area contributed by atoms with E-state index < -0.39 is 10.0 Å². The van der Waals surface area contributed by atoms with Crippen molar-refractivity contribution >= 4 is 32.2 Å². The molecule has 0 aliphatic carbocycles. The van der Waals surface area contributed by atoms with E-state index in [9.17, 15) is 13.2 Å². The Hall–Kier alpha value is -0.920. The molecule has 1 aliphatic rings. The van der Waals surface area contributed by atoms with Crippen molar-refractivity contribution in [3.63, 3.8) is 0 Å². The summed E-state index contributed by atoms with van der Waals surface area (Å²) in [5.74, 6) is 0.800. The average molecular weight is 376 g/mol. The number of hydrogen-bond donors (Lipinski definition) is 0. The van der Waals surface area contributed by atoms with Crippen molar-refractivity contribution in [1.82, 2.24) is 4.31 Å². The number of halogens is 1. The van der Waals surface area contributed by atoms with Crippen LogP contribution in [-0.2, 0) is 10.0 Å². The maximum atomic E-state index is 11.6. The SMILES string of the molecule is CS(=O)(=O)N1CCCC(COc2ccc(Br)c(C=O)c2)C1. The van der Waals surface area contributed by atoms with Crippen LogP contribution in [0.3, 0.4) is 0 Å². The van der Waals surface area contributed by atoms with Crippen LogP contribution in [0.15, 0.2) is 22.7 Å². The number of piperidine rings is 1. The van der Waals surface area contributed by atoms with E-state index >= 15 is 0 Å². The highest BCUT2D eigenvalue weighted by atomic mass is 79.9. The predicted octanol–water partition coefficient (Wildman–Crippen LogP) is 2.31. The summed E-state index contributed by atoms with van der Waals surface area (Å²) in [5.41, 5.74) is 0.536. The molecular weight excluding hydrogens is 358 g/mol. The first-order chi connectivity index (χ1) is 9.90. The van der Waals surface area contributed by atoms with Crippen LogP contribution in [0.2, 0.25) is 0 Å². The van der Waals surface area contributed by atoms with Crippen molar-refractivity contribution < 1.29 is 17.9 Å². The molecule has 0 radical (unpaired) electrons. The van der Waals surface area contributed by atoms with Gasteiger partial charge < -0.3 is 4.74 Å². The van der Waals surface area contributed by atoms with Gasteiger partial charge in [-0.1, -0.05) is 15.9 Å². The largest absolute Gasteiger partial charge is 0.493 e. The summed E-state index contributed by atoms with van der Waals surface area (Å²) in [7, 11) is -3.13. The quantitative estimate of drug-likeness (QED) is 0.740. The van der Waals surface area contributed by atoms with E-state index in [2.05, 4.69) is 15.9 Å². The molecule has 21 heavy (non-hydrogen) atoms. The van der Waals surface area contributed by atoms with E-state index in [1.807, 2.05) is 0 Å². The summed E-state index contributed by atoms with van der Waals surface area (Å²) in [6.45, 7) is 1.53. The molecule has 2 rings (SSSR count). The van der Waals surface area contributed by atoms with Crippen molar-refractivity contribution in [2.24, 2.45) is 5.92 Å². The summed E-state index contributed by atoms with van der Waals surface area (Å²) >= 11 is 3.29. The van der Waals surface area contributed by atoms with Gasteiger partial charge in [0.25, 0.3) is 0 Å². The molecule has 116 valence electrons. The van der Waals surface area contributed by atoms with Gasteiger partial charge in [-0.3, -0.25) is 4.79 Å². The van der Waals surface area contributed by atoms with Crippen LogP contribution in [-0.4, -0.2) is 45.0 Å². The van der Waals surface area contributed by atoms with Crippen molar-refractivity contribution in [2.75, 3.05) is 26.0 Å². The summed E-state index contributed by atoms with van der Waals surface area (Å²) in [6.07, 6.45) is 3.80. The molecule has 1 saturated heterocycles. The van der Waals surface area contributed by atoms with E-state index in [-0.39, 0.29) is 5.92 Å². The summed E-state index contributed by atoms with van der Waals surface area (Å²) in [5, 5.41) is 0. The second-order valence-corrected chi connectivity index (χ2v) is 8.08. The normalized spacial score (nSPS) is 20.2. The Morgan fingerprint density at radius 1 is 1.48 bits per heavy atom. The molecule has 0 N–H and O–H groups in total. The van der Waals surface area contributed by atoms with Crippen LogP contribution in [0, 0.1) is 5.92 Å². The highest BCUT2D eigenvalue weighted by molar-refractivity contribution is 9.10. The van der Waals surface area contributed by atoms with Gasteiger partial charge in [-0.25, -0.2) is 12.7 Å². The molecule has 1 heterocycles. The zero-order valence-corrected chi connectivity index (χ0v) is 14.2. The molecule has 1 aromatic rings. The number of nitrogens with zero attached hydrogens (tertiary/aromatic N) is 1. The zero-order valence-electron chi connectivity index (χ0n) is 11.8. The van der Waals surface area contributed by atoms with Crippen LogP contribution >= 0.6 is 15.9 Å². The van der Waals surface area contributed by atoms with Gasteiger partial charge in [0.1, 0.15) is 5.75 Å². The van der Waals surface area contributed by atoms with E-state index in [0.29, 0.717) is 31.0 Å². The standard InChI is InChI=1S/C14H18BrNO4S/c1-21(18,19)16-6-2-3-11(8-16)10-20-13-4-5-14(15)12(7-13)9-17/h4-5,7,9,11H,2-3,6,8,10H2,1H3. The van der Waals surface area contributed by atoms with Gasteiger partial charge >= 0.3 is 0 Å². The Labute approximate surface area is 133 Å². The zero-order chi connectivity index (χ0) is 15.5. The molecular formula is C14H18BrNO4S. The lowest BCUT2D eigenvalue weighted by Gasteiger charge is -2.30. The molecule has 1 aliphatic heterocycles. The fourth-order valence-electron chi connectivity index (χ4n) is 2.38. The molecule has 1 aromatic carbocycles.